The van der Waals surface area contributed by atoms with Crippen molar-refractivity contribution in [1.29, 1.82) is 0 Å². The van der Waals surface area contributed by atoms with Gasteiger partial charge in [-0.3, -0.25) is 9.10 Å². The van der Waals surface area contributed by atoms with E-state index in [-0.39, 0.29) is 16.3 Å². The fraction of sp³-hybridized carbons (Fsp3) is 0.316. The molecule has 2 aromatic carbocycles. The van der Waals surface area contributed by atoms with Crippen LogP contribution in [0, 0.1) is 0 Å². The summed E-state index contributed by atoms with van der Waals surface area (Å²) in [7, 11) is -0.0884. The molecule has 8 nitrogen and oxygen atoms in total. The lowest BCUT2D eigenvalue weighted by Crippen LogP contribution is -2.36. The zero-order chi connectivity index (χ0) is 20.7. The van der Waals surface area contributed by atoms with E-state index in [1.807, 2.05) is 0 Å². The fourth-order valence-corrected chi connectivity index (χ4v) is 3.96. The molecule has 0 atom stereocenters. The molecule has 0 N–H and O–H groups in total. The monoisotopic (exact) mass is 409 g/mol. The third-order valence-corrected chi connectivity index (χ3v) is 5.63. The van der Waals surface area contributed by atoms with Crippen molar-refractivity contribution in [3.05, 3.63) is 42.5 Å². The highest BCUT2D eigenvalue weighted by molar-refractivity contribution is 7.92. The second kappa shape index (κ2) is 9.32. The van der Waals surface area contributed by atoms with Crippen LogP contribution in [0.4, 0.5) is 5.69 Å². The van der Waals surface area contributed by atoms with Gasteiger partial charge in [0.1, 0.15) is 12.3 Å². The summed E-state index contributed by atoms with van der Waals surface area (Å²) in [6.45, 7) is 1.60. The number of esters is 1. The van der Waals surface area contributed by atoms with Crippen LogP contribution in [0.15, 0.2) is 47.4 Å². The number of anilines is 1. The van der Waals surface area contributed by atoms with E-state index in [1.54, 1.807) is 31.2 Å². The van der Waals surface area contributed by atoms with Gasteiger partial charge in [-0.25, -0.2) is 8.42 Å². The van der Waals surface area contributed by atoms with E-state index in [4.69, 9.17) is 14.2 Å². The third kappa shape index (κ3) is 4.48. The van der Waals surface area contributed by atoms with Crippen LogP contribution in [-0.4, -0.2) is 48.9 Å². The molecule has 0 saturated heterocycles. The topological polar surface area (TPSA) is 91.4 Å². The van der Waals surface area contributed by atoms with Gasteiger partial charge < -0.3 is 18.9 Å². The SMILES string of the molecule is CCOc1ccccc1N(CC(=O)OC)S(=O)(=O)c1ccc(OC)c(OC)c1. The molecule has 0 aliphatic heterocycles. The van der Waals surface area contributed by atoms with Crippen molar-refractivity contribution in [2.75, 3.05) is 38.8 Å². The summed E-state index contributed by atoms with van der Waals surface area (Å²) in [5.74, 6) is 0.253. The van der Waals surface area contributed by atoms with Crippen LogP contribution < -0.4 is 18.5 Å². The molecule has 0 radical (unpaired) electrons. The Hall–Kier alpha value is -2.94. The highest BCUT2D eigenvalue weighted by Crippen LogP contribution is 2.35. The molecule has 2 rings (SSSR count). The van der Waals surface area contributed by atoms with Gasteiger partial charge in [0.25, 0.3) is 10.0 Å². The fourth-order valence-electron chi connectivity index (χ4n) is 2.53. The van der Waals surface area contributed by atoms with Gasteiger partial charge in [-0.05, 0) is 31.2 Å². The van der Waals surface area contributed by atoms with Gasteiger partial charge in [0.05, 0.1) is 38.5 Å². The van der Waals surface area contributed by atoms with Crippen molar-refractivity contribution < 1.29 is 32.2 Å². The number of hydrogen-bond donors (Lipinski definition) is 0. The number of para-hydroxylation sites is 2. The Kier molecular flexibility index (Phi) is 7.11. The Bertz CT molecular complexity index is 928. The molecule has 152 valence electrons. The minimum absolute atomic E-state index is 0.0691. The molecule has 0 bridgehead atoms. The van der Waals surface area contributed by atoms with Gasteiger partial charge >= 0.3 is 5.97 Å². The number of ether oxygens (including phenoxy) is 4. The Morgan fingerprint density at radius 1 is 0.964 bits per heavy atom. The zero-order valence-electron chi connectivity index (χ0n) is 16.2. The number of methoxy groups -OCH3 is 3. The highest BCUT2D eigenvalue weighted by Gasteiger charge is 2.30. The maximum Gasteiger partial charge on any atom is 0.326 e. The first-order valence-electron chi connectivity index (χ1n) is 8.42. The predicted octanol–water partition coefficient (Wildman–Crippen LogP) is 2.47. The van der Waals surface area contributed by atoms with Crippen molar-refractivity contribution in [2.24, 2.45) is 0 Å². The second-order valence-electron chi connectivity index (χ2n) is 5.51. The summed E-state index contributed by atoms with van der Waals surface area (Å²) >= 11 is 0. The van der Waals surface area contributed by atoms with E-state index in [0.717, 1.165) is 4.31 Å². The number of benzene rings is 2. The van der Waals surface area contributed by atoms with Crippen LogP contribution >= 0.6 is 0 Å². The van der Waals surface area contributed by atoms with Crippen molar-refractivity contribution in [3.8, 4) is 17.2 Å². The van der Waals surface area contributed by atoms with Crippen LogP contribution in [0.5, 0.6) is 17.2 Å². The van der Waals surface area contributed by atoms with Gasteiger partial charge in [0, 0.05) is 6.07 Å². The molecular weight excluding hydrogens is 386 g/mol. The summed E-state index contributed by atoms with van der Waals surface area (Å²) in [5, 5.41) is 0. The van der Waals surface area contributed by atoms with E-state index >= 15 is 0 Å². The smallest absolute Gasteiger partial charge is 0.326 e. The van der Waals surface area contributed by atoms with E-state index in [2.05, 4.69) is 4.74 Å². The van der Waals surface area contributed by atoms with Gasteiger partial charge in [-0.2, -0.15) is 0 Å². The molecule has 0 aliphatic rings. The van der Waals surface area contributed by atoms with Gasteiger partial charge in [0.15, 0.2) is 11.5 Å². The number of hydrogen-bond acceptors (Lipinski definition) is 7. The molecule has 0 saturated carbocycles. The van der Waals surface area contributed by atoms with Gasteiger partial charge in [0.2, 0.25) is 0 Å². The molecule has 0 spiro atoms. The molecule has 2 aromatic rings. The summed E-state index contributed by atoms with van der Waals surface area (Å²) in [6.07, 6.45) is 0. The van der Waals surface area contributed by atoms with E-state index in [1.165, 1.54) is 39.5 Å². The Morgan fingerprint density at radius 3 is 2.25 bits per heavy atom. The summed E-state index contributed by atoms with van der Waals surface area (Å²) in [4.78, 5) is 11.9. The Labute approximate surface area is 164 Å². The minimum Gasteiger partial charge on any atom is -0.493 e. The minimum atomic E-state index is -4.14. The van der Waals surface area contributed by atoms with Crippen LogP contribution in [-0.2, 0) is 19.6 Å². The second-order valence-corrected chi connectivity index (χ2v) is 7.37. The van der Waals surface area contributed by atoms with Crippen LogP contribution in [0.25, 0.3) is 0 Å². The van der Waals surface area contributed by atoms with Gasteiger partial charge in [-0.15, -0.1) is 0 Å². The quantitative estimate of drug-likeness (QED) is 0.588. The summed E-state index contributed by atoms with van der Waals surface area (Å²) in [5.41, 5.74) is 0.226. The molecule has 0 heterocycles. The van der Waals surface area contributed by atoms with Crippen molar-refractivity contribution in [3.63, 3.8) is 0 Å². The number of carbonyl (C=O) groups excluding carboxylic acids is 1. The van der Waals surface area contributed by atoms with Crippen LogP contribution in [0.2, 0.25) is 0 Å². The molecule has 0 aliphatic carbocycles. The lowest BCUT2D eigenvalue weighted by atomic mass is 10.3. The standard InChI is InChI=1S/C19H23NO7S/c1-5-27-16-9-7-6-8-15(16)20(13-19(21)26-4)28(22,23)14-10-11-17(24-2)18(12-14)25-3/h6-12H,5,13H2,1-4H3. The highest BCUT2D eigenvalue weighted by atomic mass is 32.2. The number of sulfonamides is 1. The predicted molar refractivity (Wildman–Crippen MR) is 104 cm³/mol. The zero-order valence-corrected chi connectivity index (χ0v) is 17.0. The first kappa shape index (κ1) is 21.4. The number of nitrogens with zero attached hydrogens (tertiary/aromatic N) is 1. The van der Waals surface area contributed by atoms with Crippen molar-refractivity contribution in [2.45, 2.75) is 11.8 Å². The molecule has 0 aromatic heterocycles. The molecule has 0 amide bonds. The molecule has 0 fully saturated rings. The molecule has 0 unspecified atom stereocenters. The normalized spacial score (nSPS) is 10.9. The van der Waals surface area contributed by atoms with Crippen molar-refractivity contribution >= 4 is 21.7 Å². The van der Waals surface area contributed by atoms with E-state index in [9.17, 15) is 13.2 Å². The number of carbonyl (C=O) groups is 1. The maximum absolute atomic E-state index is 13.4. The third-order valence-electron chi connectivity index (χ3n) is 3.88. The van der Waals surface area contributed by atoms with E-state index < -0.39 is 22.5 Å². The summed E-state index contributed by atoms with van der Waals surface area (Å²) in [6, 6.07) is 10.8. The lowest BCUT2D eigenvalue weighted by molar-refractivity contribution is -0.138. The van der Waals surface area contributed by atoms with Crippen molar-refractivity contribution in [1.82, 2.24) is 0 Å². The largest absolute Gasteiger partial charge is 0.493 e. The molecule has 9 heteroatoms. The average Bonchev–Trinajstić information content (AvgIpc) is 2.71. The molecule has 28 heavy (non-hydrogen) atoms. The lowest BCUT2D eigenvalue weighted by Gasteiger charge is -2.25. The first-order chi connectivity index (χ1) is 13.4. The first-order valence-corrected chi connectivity index (χ1v) is 9.86. The van der Waals surface area contributed by atoms with E-state index in [0.29, 0.717) is 18.1 Å². The molecular formula is C19H23NO7S. The van der Waals surface area contributed by atoms with Gasteiger partial charge in [-0.1, -0.05) is 12.1 Å². The average molecular weight is 409 g/mol. The van der Waals surface area contributed by atoms with Crippen LogP contribution in [0.1, 0.15) is 6.92 Å². The maximum atomic E-state index is 13.4. The Balaban J connectivity index is 2.61. The number of rotatable bonds is 9. The van der Waals surface area contributed by atoms with Crippen LogP contribution in [0.3, 0.4) is 0 Å². The summed E-state index contributed by atoms with van der Waals surface area (Å²) < 4.78 is 48.3. The Morgan fingerprint density at radius 2 is 1.64 bits per heavy atom.